The van der Waals surface area contributed by atoms with E-state index in [9.17, 15) is 0 Å². The highest BCUT2D eigenvalue weighted by molar-refractivity contribution is 5.43. The molecule has 1 saturated heterocycles. The van der Waals surface area contributed by atoms with Crippen LogP contribution in [-0.2, 0) is 11.3 Å². The Morgan fingerprint density at radius 2 is 1.96 bits per heavy atom. The van der Waals surface area contributed by atoms with E-state index in [1.54, 1.807) is 0 Å². The summed E-state index contributed by atoms with van der Waals surface area (Å²) in [6, 6.07) is 12.9. The Labute approximate surface area is 144 Å². The van der Waals surface area contributed by atoms with E-state index in [1.807, 2.05) is 30.3 Å². The molecule has 0 radical (unpaired) electrons. The SMILES string of the molecule is CCCN1CCO[C@@H]2c3cc(C#Cc4ccccc4)cn3CC[C@@H]21. The van der Waals surface area contributed by atoms with E-state index >= 15 is 0 Å². The Bertz CT molecular complexity index is 751. The van der Waals surface area contributed by atoms with Crippen LogP contribution < -0.4 is 0 Å². The van der Waals surface area contributed by atoms with E-state index in [4.69, 9.17) is 4.74 Å². The van der Waals surface area contributed by atoms with Gasteiger partial charge < -0.3 is 9.30 Å². The molecule has 1 aromatic heterocycles. The molecule has 0 spiro atoms. The Morgan fingerprint density at radius 1 is 1.12 bits per heavy atom. The molecule has 2 atom stereocenters. The summed E-state index contributed by atoms with van der Waals surface area (Å²) in [6.07, 6.45) is 4.76. The van der Waals surface area contributed by atoms with Crippen molar-refractivity contribution in [1.82, 2.24) is 9.47 Å². The van der Waals surface area contributed by atoms with E-state index < -0.39 is 0 Å². The minimum absolute atomic E-state index is 0.200. The molecule has 0 aliphatic carbocycles. The third kappa shape index (κ3) is 3.00. The molecule has 2 aliphatic heterocycles. The number of nitrogens with zero attached hydrogens (tertiary/aromatic N) is 2. The zero-order valence-electron chi connectivity index (χ0n) is 14.2. The third-order valence-corrected chi connectivity index (χ3v) is 5.02. The zero-order chi connectivity index (χ0) is 16.4. The number of aromatic nitrogens is 1. The summed E-state index contributed by atoms with van der Waals surface area (Å²) in [5, 5.41) is 0. The normalized spacial score (nSPS) is 23.0. The third-order valence-electron chi connectivity index (χ3n) is 5.02. The van der Waals surface area contributed by atoms with E-state index in [0.717, 1.165) is 37.2 Å². The lowest BCUT2D eigenvalue weighted by Gasteiger charge is -2.44. The number of morpholine rings is 1. The molecule has 0 bridgehead atoms. The lowest BCUT2D eigenvalue weighted by Crippen LogP contribution is -2.50. The maximum atomic E-state index is 6.15. The van der Waals surface area contributed by atoms with Crippen LogP contribution in [0.2, 0.25) is 0 Å². The van der Waals surface area contributed by atoms with Crippen molar-refractivity contribution in [3.05, 3.63) is 59.4 Å². The van der Waals surface area contributed by atoms with Gasteiger partial charge in [0.15, 0.2) is 0 Å². The monoisotopic (exact) mass is 320 g/mol. The van der Waals surface area contributed by atoms with Gasteiger partial charge in [-0.3, -0.25) is 4.90 Å². The lowest BCUT2D eigenvalue weighted by atomic mass is 9.97. The number of aryl methyl sites for hydroxylation is 1. The Balaban J connectivity index is 1.58. The first kappa shape index (κ1) is 15.5. The molecule has 0 unspecified atom stereocenters. The van der Waals surface area contributed by atoms with Crippen LogP contribution in [0.5, 0.6) is 0 Å². The number of rotatable bonds is 2. The van der Waals surface area contributed by atoms with Crippen molar-refractivity contribution in [2.45, 2.75) is 38.5 Å². The zero-order valence-corrected chi connectivity index (χ0v) is 14.2. The molecule has 3 heterocycles. The van der Waals surface area contributed by atoms with Gasteiger partial charge >= 0.3 is 0 Å². The van der Waals surface area contributed by atoms with Gasteiger partial charge in [-0.2, -0.15) is 0 Å². The summed E-state index contributed by atoms with van der Waals surface area (Å²) < 4.78 is 8.49. The summed E-state index contributed by atoms with van der Waals surface area (Å²) in [7, 11) is 0. The van der Waals surface area contributed by atoms with Crippen molar-refractivity contribution >= 4 is 0 Å². The van der Waals surface area contributed by atoms with Crippen LogP contribution in [0.3, 0.4) is 0 Å². The second-order valence-corrected chi connectivity index (χ2v) is 6.65. The molecule has 2 aromatic rings. The van der Waals surface area contributed by atoms with E-state index in [0.29, 0.717) is 6.04 Å². The second kappa shape index (κ2) is 6.84. The Hall–Kier alpha value is -2.02. The van der Waals surface area contributed by atoms with Crippen LogP contribution in [0.4, 0.5) is 0 Å². The molecule has 3 heteroatoms. The predicted molar refractivity (Wildman–Crippen MR) is 95.8 cm³/mol. The molecule has 124 valence electrons. The Kier molecular flexibility index (Phi) is 4.42. The van der Waals surface area contributed by atoms with Crippen LogP contribution in [0, 0.1) is 11.8 Å². The molecule has 1 aromatic carbocycles. The smallest absolute Gasteiger partial charge is 0.113 e. The summed E-state index contributed by atoms with van der Waals surface area (Å²) >= 11 is 0. The van der Waals surface area contributed by atoms with Crippen molar-refractivity contribution in [2.24, 2.45) is 0 Å². The van der Waals surface area contributed by atoms with Crippen molar-refractivity contribution in [3.63, 3.8) is 0 Å². The molecule has 2 aliphatic rings. The minimum Gasteiger partial charge on any atom is -0.369 e. The van der Waals surface area contributed by atoms with Gasteiger partial charge in [0.2, 0.25) is 0 Å². The van der Waals surface area contributed by atoms with Crippen molar-refractivity contribution < 1.29 is 4.74 Å². The first-order valence-corrected chi connectivity index (χ1v) is 8.98. The fourth-order valence-electron chi connectivity index (χ4n) is 3.91. The van der Waals surface area contributed by atoms with Crippen molar-refractivity contribution in [2.75, 3.05) is 19.7 Å². The number of benzene rings is 1. The standard InChI is InChI=1S/C21H24N2O/c1-2-11-22-13-14-24-21-19(22)10-12-23-16-18(15-20(21)23)9-8-17-6-4-3-5-7-17/h3-7,15-16,19,21H,2,10-14H2,1H3/t19-,21-/m0/s1. The first-order chi connectivity index (χ1) is 11.8. The fraction of sp³-hybridized carbons (Fsp3) is 0.429. The van der Waals surface area contributed by atoms with E-state index in [-0.39, 0.29) is 6.10 Å². The maximum Gasteiger partial charge on any atom is 0.113 e. The van der Waals surface area contributed by atoms with Gasteiger partial charge in [0, 0.05) is 42.1 Å². The average Bonchev–Trinajstić information content (AvgIpc) is 3.05. The first-order valence-electron chi connectivity index (χ1n) is 8.98. The van der Waals surface area contributed by atoms with Gasteiger partial charge in [0.05, 0.1) is 6.61 Å². The number of ether oxygens (including phenoxy) is 1. The van der Waals surface area contributed by atoms with Crippen LogP contribution in [0.25, 0.3) is 0 Å². The van der Waals surface area contributed by atoms with Gasteiger partial charge in [-0.05, 0) is 37.6 Å². The topological polar surface area (TPSA) is 17.4 Å². The van der Waals surface area contributed by atoms with Gasteiger partial charge in [0.25, 0.3) is 0 Å². The van der Waals surface area contributed by atoms with Gasteiger partial charge in [-0.25, -0.2) is 0 Å². The highest BCUT2D eigenvalue weighted by Crippen LogP contribution is 2.35. The summed E-state index contributed by atoms with van der Waals surface area (Å²) in [6.45, 7) is 6.39. The minimum atomic E-state index is 0.200. The molecular weight excluding hydrogens is 296 g/mol. The second-order valence-electron chi connectivity index (χ2n) is 6.65. The maximum absolute atomic E-state index is 6.15. The molecule has 0 amide bonds. The van der Waals surface area contributed by atoms with Crippen LogP contribution in [0.1, 0.15) is 42.7 Å². The van der Waals surface area contributed by atoms with Gasteiger partial charge in [0.1, 0.15) is 6.10 Å². The quantitative estimate of drug-likeness (QED) is 0.789. The van der Waals surface area contributed by atoms with E-state index in [2.05, 4.69) is 40.5 Å². The Morgan fingerprint density at radius 3 is 2.79 bits per heavy atom. The summed E-state index contributed by atoms with van der Waals surface area (Å²) in [5.41, 5.74) is 3.44. The predicted octanol–water partition coefficient (Wildman–Crippen LogP) is 3.44. The average molecular weight is 320 g/mol. The number of fused-ring (bicyclic) bond motifs is 3. The molecule has 1 fully saturated rings. The van der Waals surface area contributed by atoms with Crippen molar-refractivity contribution in [3.8, 4) is 11.8 Å². The van der Waals surface area contributed by atoms with Crippen LogP contribution in [-0.4, -0.2) is 35.2 Å². The molecule has 0 N–H and O–H groups in total. The van der Waals surface area contributed by atoms with Crippen molar-refractivity contribution in [1.29, 1.82) is 0 Å². The fourth-order valence-corrected chi connectivity index (χ4v) is 3.91. The summed E-state index contributed by atoms with van der Waals surface area (Å²) in [5.74, 6) is 6.57. The number of hydrogen-bond donors (Lipinski definition) is 0. The highest BCUT2D eigenvalue weighted by atomic mass is 16.5. The molecule has 0 saturated carbocycles. The number of hydrogen-bond acceptors (Lipinski definition) is 2. The van der Waals surface area contributed by atoms with E-state index in [1.165, 1.54) is 18.7 Å². The summed E-state index contributed by atoms with van der Waals surface area (Å²) in [4.78, 5) is 2.61. The van der Waals surface area contributed by atoms with Crippen LogP contribution >= 0.6 is 0 Å². The highest BCUT2D eigenvalue weighted by Gasteiger charge is 2.37. The molecule has 3 nitrogen and oxygen atoms in total. The lowest BCUT2D eigenvalue weighted by molar-refractivity contribution is -0.0877. The van der Waals surface area contributed by atoms with Crippen LogP contribution in [0.15, 0.2) is 42.6 Å². The largest absolute Gasteiger partial charge is 0.369 e. The van der Waals surface area contributed by atoms with Gasteiger partial charge in [-0.15, -0.1) is 0 Å². The van der Waals surface area contributed by atoms with Gasteiger partial charge in [-0.1, -0.05) is 37.0 Å². The molecular formula is C21H24N2O. The molecule has 24 heavy (non-hydrogen) atoms. The molecule has 4 rings (SSSR count).